The number of fused-ring (bicyclic) bond motifs is 8. The number of rotatable bonds is 21. The van der Waals surface area contributed by atoms with Gasteiger partial charge in [0.15, 0.2) is 0 Å². The van der Waals surface area contributed by atoms with E-state index in [1.165, 1.54) is 128 Å². The van der Waals surface area contributed by atoms with Crippen molar-refractivity contribution in [1.29, 1.82) is 0 Å². The van der Waals surface area contributed by atoms with E-state index in [-0.39, 0.29) is 25.3 Å². The molecule has 0 aliphatic heterocycles. The molecule has 0 heterocycles. The molecule has 0 aromatic carbocycles. The molecule has 11 atom stereocenters. The molecule has 0 aromatic heterocycles. The second-order valence-electron chi connectivity index (χ2n) is 17.1. The van der Waals surface area contributed by atoms with Gasteiger partial charge in [0.2, 0.25) is 0 Å². The van der Waals surface area contributed by atoms with Gasteiger partial charge in [0.25, 0.3) is 0 Å². The highest BCUT2D eigenvalue weighted by atomic mass is 16.6. The Kier molecular flexibility index (Phi) is 14.2. The van der Waals surface area contributed by atoms with E-state index in [0.29, 0.717) is 13.0 Å². The van der Waals surface area contributed by atoms with Crippen molar-refractivity contribution >= 4 is 5.97 Å². The van der Waals surface area contributed by atoms with Gasteiger partial charge in [-0.1, -0.05) is 108 Å². The molecule has 6 aliphatic rings. The number of hydrogen-bond donors (Lipinski definition) is 1. The van der Waals surface area contributed by atoms with E-state index in [0.717, 1.165) is 78.4 Å². The number of aliphatic hydroxyl groups excluding tert-OH is 1. The molecule has 4 heteroatoms. The van der Waals surface area contributed by atoms with Crippen LogP contribution in [0.2, 0.25) is 0 Å². The van der Waals surface area contributed by atoms with Crippen LogP contribution in [0.4, 0.5) is 0 Å². The first-order valence-corrected chi connectivity index (χ1v) is 20.9. The van der Waals surface area contributed by atoms with Crippen molar-refractivity contribution in [3.05, 3.63) is 24.3 Å². The maximum Gasteiger partial charge on any atom is 0.305 e. The number of carbonyl (C=O) groups is 1. The summed E-state index contributed by atoms with van der Waals surface area (Å²) in [5.74, 6) is 9.91. The van der Waals surface area contributed by atoms with Crippen LogP contribution in [0, 0.1) is 59.2 Å². The van der Waals surface area contributed by atoms with Gasteiger partial charge < -0.3 is 14.6 Å². The largest absolute Gasteiger partial charge is 0.463 e. The minimum Gasteiger partial charge on any atom is -0.463 e. The van der Waals surface area contributed by atoms with Crippen LogP contribution < -0.4 is 0 Å². The molecule has 0 spiro atoms. The number of allylic oxidation sites excluding steroid dienone is 4. The standard InChI is InChI=1S/C43H70O4/c44-30-34(46-27-15-7-2-1-4-8-16-32-23-25-39-35-18-11-13-20-37(35)41(39)28-32)31-47-43(45)22-10-6-3-5-9-17-33-24-26-40-36-19-12-14-21-38(36)42(40)29-33/h11,14,18,21,32-42,44H,1-10,12-13,15-17,19-20,22-31H2/t32?,33?,34-,35?,36?,37?,38?,39?,40?,41?,42?/m0/s1. The Labute approximate surface area is 288 Å². The van der Waals surface area contributed by atoms with E-state index in [1.807, 2.05) is 0 Å². The van der Waals surface area contributed by atoms with Gasteiger partial charge >= 0.3 is 5.97 Å². The highest BCUT2D eigenvalue weighted by Gasteiger charge is 2.52. The molecule has 0 bridgehead atoms. The van der Waals surface area contributed by atoms with Gasteiger partial charge in [0.1, 0.15) is 12.7 Å². The van der Waals surface area contributed by atoms with Crippen LogP contribution >= 0.6 is 0 Å². The molecule has 47 heavy (non-hydrogen) atoms. The quantitative estimate of drug-likeness (QED) is 0.0763. The molecule has 6 rings (SSSR count). The monoisotopic (exact) mass is 651 g/mol. The van der Waals surface area contributed by atoms with Gasteiger partial charge in [-0.25, -0.2) is 0 Å². The summed E-state index contributed by atoms with van der Waals surface area (Å²) in [6.07, 6.45) is 41.0. The van der Waals surface area contributed by atoms with Crippen molar-refractivity contribution in [3.63, 3.8) is 0 Å². The Balaban J connectivity index is 0.692. The van der Waals surface area contributed by atoms with Crippen LogP contribution in [-0.2, 0) is 14.3 Å². The van der Waals surface area contributed by atoms with Gasteiger partial charge in [-0.2, -0.15) is 0 Å². The average molecular weight is 651 g/mol. The molecule has 0 radical (unpaired) electrons. The first kappa shape index (κ1) is 35.7. The highest BCUT2D eigenvalue weighted by molar-refractivity contribution is 5.69. The predicted octanol–water partition coefficient (Wildman–Crippen LogP) is 10.6. The number of carbonyl (C=O) groups excluding carboxylic acids is 1. The minimum absolute atomic E-state index is 0.0888. The summed E-state index contributed by atoms with van der Waals surface area (Å²) < 4.78 is 11.3. The lowest BCUT2D eigenvalue weighted by Gasteiger charge is -2.57. The van der Waals surface area contributed by atoms with Crippen LogP contribution in [-0.4, -0.2) is 37.0 Å². The number of esters is 1. The maximum absolute atomic E-state index is 12.2. The van der Waals surface area contributed by atoms with Gasteiger partial charge in [0.05, 0.1) is 6.61 Å². The molecular weight excluding hydrogens is 580 g/mol. The Hall–Kier alpha value is -1.13. The normalized spacial score (nSPS) is 35.9. The summed E-state index contributed by atoms with van der Waals surface area (Å²) in [4.78, 5) is 12.2. The highest BCUT2D eigenvalue weighted by Crippen LogP contribution is 2.60. The summed E-state index contributed by atoms with van der Waals surface area (Å²) in [5, 5.41) is 9.69. The third-order valence-electron chi connectivity index (χ3n) is 14.2. The molecule has 6 aliphatic carbocycles. The van der Waals surface area contributed by atoms with Crippen molar-refractivity contribution in [2.75, 3.05) is 19.8 Å². The van der Waals surface area contributed by atoms with Crippen molar-refractivity contribution in [3.8, 4) is 0 Å². The Bertz CT molecular complexity index is 988. The first-order chi connectivity index (χ1) is 23.2. The van der Waals surface area contributed by atoms with E-state index in [1.54, 1.807) is 0 Å². The third-order valence-corrected chi connectivity index (χ3v) is 14.2. The molecule has 1 N–H and O–H groups in total. The molecule has 0 saturated heterocycles. The third kappa shape index (κ3) is 9.77. The Morgan fingerprint density at radius 1 is 0.617 bits per heavy atom. The van der Waals surface area contributed by atoms with E-state index < -0.39 is 0 Å². The van der Waals surface area contributed by atoms with E-state index in [4.69, 9.17) is 9.47 Å². The van der Waals surface area contributed by atoms with Gasteiger partial charge in [-0.3, -0.25) is 4.79 Å². The fourth-order valence-electron chi connectivity index (χ4n) is 11.6. The molecule has 10 unspecified atom stereocenters. The summed E-state index contributed by atoms with van der Waals surface area (Å²) >= 11 is 0. The summed E-state index contributed by atoms with van der Waals surface area (Å²) in [7, 11) is 0. The zero-order chi connectivity index (χ0) is 32.3. The number of hydrogen-bond acceptors (Lipinski definition) is 4. The van der Waals surface area contributed by atoms with Crippen LogP contribution in [0.15, 0.2) is 24.3 Å². The maximum atomic E-state index is 12.2. The molecule has 4 fully saturated rings. The van der Waals surface area contributed by atoms with E-state index in [2.05, 4.69) is 24.3 Å². The predicted molar refractivity (Wildman–Crippen MR) is 192 cm³/mol. The number of aliphatic hydroxyl groups is 1. The van der Waals surface area contributed by atoms with Crippen LogP contribution in [0.3, 0.4) is 0 Å². The zero-order valence-corrected chi connectivity index (χ0v) is 29.9. The molecule has 4 saturated carbocycles. The second kappa shape index (κ2) is 18.7. The molecule has 4 nitrogen and oxygen atoms in total. The fourth-order valence-corrected chi connectivity index (χ4v) is 11.6. The van der Waals surface area contributed by atoms with Crippen LogP contribution in [0.25, 0.3) is 0 Å². The van der Waals surface area contributed by atoms with Crippen molar-refractivity contribution in [2.45, 2.75) is 160 Å². The van der Waals surface area contributed by atoms with Crippen molar-refractivity contribution < 1.29 is 19.4 Å². The molecule has 266 valence electrons. The topological polar surface area (TPSA) is 55.8 Å². The van der Waals surface area contributed by atoms with E-state index >= 15 is 0 Å². The van der Waals surface area contributed by atoms with Gasteiger partial charge in [0, 0.05) is 13.0 Å². The van der Waals surface area contributed by atoms with Gasteiger partial charge in [-0.15, -0.1) is 0 Å². The lowest BCUT2D eigenvalue weighted by Crippen LogP contribution is -2.49. The smallest absolute Gasteiger partial charge is 0.305 e. The van der Waals surface area contributed by atoms with Crippen LogP contribution in [0.5, 0.6) is 0 Å². The fraction of sp³-hybridized carbons (Fsp3) is 0.884. The second-order valence-corrected chi connectivity index (χ2v) is 17.1. The molecular formula is C43H70O4. The lowest BCUT2D eigenvalue weighted by molar-refractivity contribution is -0.149. The summed E-state index contributed by atoms with van der Waals surface area (Å²) in [5.41, 5.74) is 0. The van der Waals surface area contributed by atoms with Crippen molar-refractivity contribution in [1.82, 2.24) is 0 Å². The first-order valence-electron chi connectivity index (χ1n) is 20.9. The Morgan fingerprint density at radius 3 is 1.87 bits per heavy atom. The Morgan fingerprint density at radius 2 is 1.17 bits per heavy atom. The molecule has 0 aromatic rings. The van der Waals surface area contributed by atoms with E-state index in [9.17, 15) is 9.90 Å². The number of unbranched alkanes of at least 4 members (excludes halogenated alkanes) is 9. The summed E-state index contributed by atoms with van der Waals surface area (Å²) in [6, 6.07) is 0. The zero-order valence-electron chi connectivity index (χ0n) is 29.9. The molecule has 0 amide bonds. The SMILES string of the molecule is O=C(CCCCCCCC1CCC2C3CCC=CC3C2C1)OC[C@H](CO)OCCCCCCCCC1CCC2C3C=CCCC3C2C1. The average Bonchev–Trinajstić information content (AvgIpc) is 3.09. The number of ether oxygens (including phenoxy) is 2. The minimum atomic E-state index is -0.389. The lowest BCUT2D eigenvalue weighted by atomic mass is 9.48. The van der Waals surface area contributed by atoms with Crippen LogP contribution in [0.1, 0.15) is 154 Å². The summed E-state index contributed by atoms with van der Waals surface area (Å²) in [6.45, 7) is 0.732. The van der Waals surface area contributed by atoms with Gasteiger partial charge in [-0.05, 0) is 123 Å². The van der Waals surface area contributed by atoms with Crippen molar-refractivity contribution in [2.24, 2.45) is 59.2 Å².